The van der Waals surface area contributed by atoms with E-state index in [1.54, 1.807) is 6.20 Å². The van der Waals surface area contributed by atoms with E-state index in [1.807, 2.05) is 44.2 Å². The van der Waals surface area contributed by atoms with Gasteiger partial charge in [0, 0.05) is 25.4 Å². The van der Waals surface area contributed by atoms with Gasteiger partial charge < -0.3 is 14.8 Å². The van der Waals surface area contributed by atoms with Crippen molar-refractivity contribution in [3.05, 3.63) is 54.2 Å². The minimum Gasteiger partial charge on any atom is -0.491 e. The molecule has 1 aromatic heterocycles. The number of benzene rings is 1. The van der Waals surface area contributed by atoms with Crippen molar-refractivity contribution in [1.29, 1.82) is 0 Å². The van der Waals surface area contributed by atoms with Crippen molar-refractivity contribution >= 4 is 12.4 Å². The van der Waals surface area contributed by atoms with Crippen LogP contribution in [0.4, 0.5) is 0 Å². The Balaban J connectivity index is 0.00000242. The number of rotatable bonds is 8. The highest BCUT2D eigenvalue weighted by Crippen LogP contribution is 2.13. The van der Waals surface area contributed by atoms with Crippen LogP contribution in [0, 0.1) is 0 Å². The summed E-state index contributed by atoms with van der Waals surface area (Å²) in [4.78, 5) is 4.10. The molecule has 0 aliphatic rings. The van der Waals surface area contributed by atoms with E-state index in [2.05, 4.69) is 22.4 Å². The minimum atomic E-state index is 0. The van der Waals surface area contributed by atoms with E-state index in [1.165, 1.54) is 5.56 Å². The smallest absolute Gasteiger partial charge is 0.213 e. The Hall–Kier alpha value is -1.78. The molecule has 0 atom stereocenters. The molecule has 0 amide bonds. The maximum Gasteiger partial charge on any atom is 0.213 e. The van der Waals surface area contributed by atoms with Gasteiger partial charge in [0.15, 0.2) is 0 Å². The molecular weight excluding hydrogens is 300 g/mol. The molecule has 2 aromatic rings. The van der Waals surface area contributed by atoms with E-state index in [4.69, 9.17) is 9.47 Å². The van der Waals surface area contributed by atoms with Crippen LogP contribution >= 0.6 is 12.4 Å². The molecule has 22 heavy (non-hydrogen) atoms. The molecule has 1 aromatic carbocycles. The van der Waals surface area contributed by atoms with Gasteiger partial charge in [-0.05, 0) is 37.6 Å². The number of nitrogens with zero attached hydrogens (tertiary/aromatic N) is 1. The largest absolute Gasteiger partial charge is 0.491 e. The van der Waals surface area contributed by atoms with Gasteiger partial charge in [-0.25, -0.2) is 4.98 Å². The molecule has 0 saturated carbocycles. The summed E-state index contributed by atoms with van der Waals surface area (Å²) in [7, 11) is 0. The second-order valence-electron chi connectivity index (χ2n) is 5.00. The fourth-order valence-electron chi connectivity index (χ4n) is 1.85. The number of aromatic nitrogens is 1. The highest BCUT2D eigenvalue weighted by atomic mass is 35.5. The molecule has 0 unspecified atom stereocenters. The third kappa shape index (κ3) is 6.78. The van der Waals surface area contributed by atoms with Gasteiger partial charge in [-0.2, -0.15) is 0 Å². The van der Waals surface area contributed by atoms with E-state index < -0.39 is 0 Å². The Morgan fingerprint density at radius 2 is 1.86 bits per heavy atom. The van der Waals surface area contributed by atoms with Gasteiger partial charge in [-0.15, -0.1) is 12.4 Å². The Kier molecular flexibility index (Phi) is 8.33. The number of halogens is 1. The minimum absolute atomic E-state index is 0. The molecule has 120 valence electrons. The maximum atomic E-state index is 5.61. The van der Waals surface area contributed by atoms with Gasteiger partial charge in [0.2, 0.25) is 5.88 Å². The summed E-state index contributed by atoms with van der Waals surface area (Å²) < 4.78 is 11.1. The first-order chi connectivity index (χ1) is 10.2. The average molecular weight is 323 g/mol. The number of ether oxygens (including phenoxy) is 2. The fraction of sp³-hybridized carbons (Fsp3) is 0.353. The van der Waals surface area contributed by atoms with Crippen molar-refractivity contribution in [2.24, 2.45) is 0 Å². The van der Waals surface area contributed by atoms with Crippen LogP contribution in [-0.2, 0) is 6.54 Å². The molecule has 2 rings (SSSR count). The standard InChI is InChI=1S/C17H22N2O2.ClH/c1-14(2)21-16-8-6-15(7-9-16)13-18-11-12-20-17-5-3-4-10-19-17;/h3-10,14,18H,11-13H2,1-2H3;1H. The zero-order valence-electron chi connectivity index (χ0n) is 13.0. The monoisotopic (exact) mass is 322 g/mol. The summed E-state index contributed by atoms with van der Waals surface area (Å²) in [5.41, 5.74) is 1.23. The quantitative estimate of drug-likeness (QED) is 0.756. The summed E-state index contributed by atoms with van der Waals surface area (Å²) in [5, 5.41) is 3.34. The van der Waals surface area contributed by atoms with Crippen LogP contribution in [0.25, 0.3) is 0 Å². The first kappa shape index (κ1) is 18.3. The first-order valence-electron chi connectivity index (χ1n) is 7.24. The van der Waals surface area contributed by atoms with Gasteiger partial charge in [-0.3, -0.25) is 0 Å². The lowest BCUT2D eigenvalue weighted by Gasteiger charge is -2.10. The van der Waals surface area contributed by atoms with Crippen molar-refractivity contribution in [1.82, 2.24) is 10.3 Å². The molecule has 4 nitrogen and oxygen atoms in total. The van der Waals surface area contributed by atoms with Gasteiger partial charge in [0.05, 0.1) is 6.10 Å². The zero-order chi connectivity index (χ0) is 14.9. The lowest BCUT2D eigenvalue weighted by atomic mass is 10.2. The molecule has 0 spiro atoms. The first-order valence-corrected chi connectivity index (χ1v) is 7.24. The van der Waals surface area contributed by atoms with Crippen LogP contribution in [0.3, 0.4) is 0 Å². The third-order valence-corrected chi connectivity index (χ3v) is 2.79. The van der Waals surface area contributed by atoms with Crippen molar-refractivity contribution in [3.8, 4) is 11.6 Å². The van der Waals surface area contributed by atoms with Crippen LogP contribution < -0.4 is 14.8 Å². The average Bonchev–Trinajstić information content (AvgIpc) is 2.49. The van der Waals surface area contributed by atoms with Crippen LogP contribution in [0.1, 0.15) is 19.4 Å². The Labute approximate surface area is 138 Å². The molecule has 0 saturated heterocycles. The predicted octanol–water partition coefficient (Wildman–Crippen LogP) is 3.46. The number of nitrogens with one attached hydrogen (secondary N) is 1. The summed E-state index contributed by atoms with van der Waals surface area (Å²) in [6, 6.07) is 13.8. The summed E-state index contributed by atoms with van der Waals surface area (Å²) in [5.74, 6) is 1.57. The van der Waals surface area contributed by atoms with Crippen molar-refractivity contribution in [2.75, 3.05) is 13.2 Å². The van der Waals surface area contributed by atoms with Crippen LogP contribution in [0.2, 0.25) is 0 Å². The van der Waals surface area contributed by atoms with Crippen LogP contribution in [0.5, 0.6) is 11.6 Å². The van der Waals surface area contributed by atoms with E-state index in [0.29, 0.717) is 12.5 Å². The fourth-order valence-corrected chi connectivity index (χ4v) is 1.85. The summed E-state index contributed by atoms with van der Waals surface area (Å²) in [6.45, 7) is 6.24. The van der Waals surface area contributed by atoms with Gasteiger partial charge in [-0.1, -0.05) is 18.2 Å². The molecule has 0 aliphatic carbocycles. The maximum absolute atomic E-state index is 5.61. The zero-order valence-corrected chi connectivity index (χ0v) is 13.8. The van der Waals surface area contributed by atoms with Gasteiger partial charge in [0.25, 0.3) is 0 Å². The normalized spacial score (nSPS) is 10.1. The third-order valence-electron chi connectivity index (χ3n) is 2.79. The number of pyridine rings is 1. The van der Waals surface area contributed by atoms with E-state index >= 15 is 0 Å². The Morgan fingerprint density at radius 3 is 2.50 bits per heavy atom. The second kappa shape index (κ2) is 10.0. The SMILES string of the molecule is CC(C)Oc1ccc(CNCCOc2ccccn2)cc1.Cl. The number of hydrogen-bond acceptors (Lipinski definition) is 4. The van der Waals surface area contributed by atoms with Gasteiger partial charge in [0.1, 0.15) is 12.4 Å². The molecule has 0 bridgehead atoms. The molecule has 5 heteroatoms. The van der Waals surface area contributed by atoms with Crippen LogP contribution in [-0.4, -0.2) is 24.2 Å². The molecular formula is C17H23ClN2O2. The molecule has 0 aliphatic heterocycles. The Morgan fingerprint density at radius 1 is 1.09 bits per heavy atom. The molecule has 1 heterocycles. The van der Waals surface area contributed by atoms with Crippen molar-refractivity contribution < 1.29 is 9.47 Å². The highest BCUT2D eigenvalue weighted by molar-refractivity contribution is 5.85. The lowest BCUT2D eigenvalue weighted by molar-refractivity contribution is 0.242. The second-order valence-corrected chi connectivity index (χ2v) is 5.00. The van der Waals surface area contributed by atoms with E-state index in [-0.39, 0.29) is 18.5 Å². The highest BCUT2D eigenvalue weighted by Gasteiger charge is 1.98. The summed E-state index contributed by atoms with van der Waals surface area (Å²) >= 11 is 0. The lowest BCUT2D eigenvalue weighted by Crippen LogP contribution is -2.20. The summed E-state index contributed by atoms with van der Waals surface area (Å²) in [6.07, 6.45) is 1.93. The van der Waals surface area contributed by atoms with E-state index in [9.17, 15) is 0 Å². The topological polar surface area (TPSA) is 43.4 Å². The van der Waals surface area contributed by atoms with E-state index in [0.717, 1.165) is 18.8 Å². The van der Waals surface area contributed by atoms with Crippen molar-refractivity contribution in [2.45, 2.75) is 26.5 Å². The Bertz CT molecular complexity index is 518. The molecule has 0 fully saturated rings. The molecule has 1 N–H and O–H groups in total. The molecule has 0 radical (unpaired) electrons. The number of hydrogen-bond donors (Lipinski definition) is 1. The van der Waals surface area contributed by atoms with Crippen LogP contribution in [0.15, 0.2) is 48.7 Å². The van der Waals surface area contributed by atoms with Crippen molar-refractivity contribution in [3.63, 3.8) is 0 Å². The van der Waals surface area contributed by atoms with Gasteiger partial charge >= 0.3 is 0 Å². The predicted molar refractivity (Wildman–Crippen MR) is 90.9 cm³/mol.